The van der Waals surface area contributed by atoms with Gasteiger partial charge in [0, 0.05) is 12.8 Å². The van der Waals surface area contributed by atoms with Gasteiger partial charge in [-0.3, -0.25) is 14.4 Å². The molecule has 0 aliphatic rings. The number of carboxylic acids is 1. The molecular formula is C49H96N2O6. The molecule has 0 saturated heterocycles. The van der Waals surface area contributed by atoms with Crippen LogP contribution in [0.25, 0.3) is 0 Å². The van der Waals surface area contributed by atoms with Gasteiger partial charge in [-0.25, -0.2) is 0 Å². The molecule has 0 radical (unpaired) electrons. The Morgan fingerprint density at radius 1 is 0.474 bits per heavy atom. The Kier molecular flexibility index (Phi) is 42.6. The number of aliphatic carboxylic acids is 1. The fourth-order valence-corrected chi connectivity index (χ4v) is 7.81. The fraction of sp³-hybridized carbons (Fsp3) is 0.939. The minimum atomic E-state index is -0.773. The van der Waals surface area contributed by atoms with Crippen molar-refractivity contribution in [2.75, 3.05) is 33.3 Å². The van der Waals surface area contributed by atoms with Crippen LogP contribution in [0.1, 0.15) is 252 Å². The molecule has 0 fully saturated rings. The number of esters is 2. The van der Waals surface area contributed by atoms with E-state index in [4.69, 9.17) is 9.47 Å². The molecule has 0 aliphatic carbocycles. The number of rotatable bonds is 46. The molecule has 0 heterocycles. The maximum atomic E-state index is 12.8. The van der Waals surface area contributed by atoms with E-state index in [0.717, 1.165) is 110 Å². The van der Waals surface area contributed by atoms with E-state index in [0.29, 0.717) is 25.9 Å². The zero-order valence-electron chi connectivity index (χ0n) is 38.4. The van der Waals surface area contributed by atoms with Gasteiger partial charge >= 0.3 is 17.9 Å². The van der Waals surface area contributed by atoms with Crippen molar-refractivity contribution in [1.29, 1.82) is 0 Å². The molecule has 8 heteroatoms. The lowest BCUT2D eigenvalue weighted by atomic mass is 10.0. The normalized spacial score (nSPS) is 12.1. The number of nitrogens with zero attached hydrogens (tertiary/aromatic N) is 1. The highest BCUT2D eigenvalue weighted by Crippen LogP contribution is 2.19. The van der Waals surface area contributed by atoms with Crippen molar-refractivity contribution >= 4 is 17.9 Å². The van der Waals surface area contributed by atoms with Crippen LogP contribution in [-0.4, -0.2) is 73.3 Å². The van der Waals surface area contributed by atoms with E-state index >= 15 is 0 Å². The van der Waals surface area contributed by atoms with Gasteiger partial charge in [-0.05, 0) is 97.3 Å². The van der Waals surface area contributed by atoms with Crippen molar-refractivity contribution in [3.8, 4) is 0 Å². The maximum absolute atomic E-state index is 12.8. The Balaban J connectivity index is 4.41. The number of hydrogen-bond donors (Lipinski definition) is 2. The summed E-state index contributed by atoms with van der Waals surface area (Å²) in [6.07, 6.45) is 40.5. The second kappa shape index (κ2) is 43.9. The van der Waals surface area contributed by atoms with Crippen molar-refractivity contribution in [2.45, 2.75) is 264 Å². The van der Waals surface area contributed by atoms with Crippen molar-refractivity contribution < 1.29 is 29.0 Å². The molecule has 0 aromatic carbocycles. The number of unbranched alkanes of at least 4 members (excludes halogenated alkanes) is 25. The summed E-state index contributed by atoms with van der Waals surface area (Å²) >= 11 is 0. The molecule has 0 saturated carbocycles. The van der Waals surface area contributed by atoms with Gasteiger partial charge in [0.2, 0.25) is 0 Å². The molecule has 1 unspecified atom stereocenters. The second-order valence-corrected chi connectivity index (χ2v) is 17.1. The molecule has 0 rings (SSSR count). The van der Waals surface area contributed by atoms with E-state index in [1.807, 2.05) is 0 Å². The largest absolute Gasteiger partial charge is 0.480 e. The molecule has 338 valence electrons. The van der Waals surface area contributed by atoms with Gasteiger partial charge in [-0.15, -0.1) is 0 Å². The number of carbonyl (C=O) groups is 3. The van der Waals surface area contributed by atoms with Crippen LogP contribution in [-0.2, 0) is 23.9 Å². The Hall–Kier alpha value is -1.67. The maximum Gasteiger partial charge on any atom is 0.320 e. The average molecular weight is 809 g/mol. The lowest BCUT2D eigenvalue weighted by Crippen LogP contribution is -2.34. The predicted octanol–water partition coefficient (Wildman–Crippen LogP) is 13.5. The lowest BCUT2D eigenvalue weighted by molar-refractivity contribution is -0.150. The minimum absolute atomic E-state index is 0.00490. The lowest BCUT2D eigenvalue weighted by Gasteiger charge is -2.23. The monoisotopic (exact) mass is 809 g/mol. The first-order valence-electron chi connectivity index (χ1n) is 24.8. The first-order chi connectivity index (χ1) is 27.9. The summed E-state index contributed by atoms with van der Waals surface area (Å²) in [5.41, 5.74) is 0. The summed E-state index contributed by atoms with van der Waals surface area (Å²) in [5, 5.41) is 12.3. The highest BCUT2D eigenvalue weighted by molar-refractivity contribution is 5.73. The number of carboxylic acid groups (broad SMARTS) is 1. The van der Waals surface area contributed by atoms with E-state index in [1.165, 1.54) is 122 Å². The fourth-order valence-electron chi connectivity index (χ4n) is 7.81. The molecule has 57 heavy (non-hydrogen) atoms. The third kappa shape index (κ3) is 39.6. The van der Waals surface area contributed by atoms with E-state index in [2.05, 4.69) is 31.0 Å². The first-order valence-corrected chi connectivity index (χ1v) is 24.8. The minimum Gasteiger partial charge on any atom is -0.480 e. The number of carbonyl (C=O) groups excluding carboxylic acids is 2. The second-order valence-electron chi connectivity index (χ2n) is 17.1. The van der Waals surface area contributed by atoms with Crippen molar-refractivity contribution in [1.82, 2.24) is 10.2 Å². The molecule has 0 aliphatic heterocycles. The third-order valence-electron chi connectivity index (χ3n) is 11.6. The van der Waals surface area contributed by atoms with E-state index in [9.17, 15) is 19.5 Å². The van der Waals surface area contributed by atoms with Crippen molar-refractivity contribution in [3.63, 3.8) is 0 Å². The van der Waals surface area contributed by atoms with E-state index < -0.39 is 12.0 Å². The Morgan fingerprint density at radius 2 is 0.842 bits per heavy atom. The molecule has 0 amide bonds. The van der Waals surface area contributed by atoms with Crippen LogP contribution in [0, 0.1) is 0 Å². The molecule has 0 aromatic heterocycles. The van der Waals surface area contributed by atoms with E-state index in [-0.39, 0.29) is 18.0 Å². The summed E-state index contributed by atoms with van der Waals surface area (Å²) in [5.74, 6) is -0.808. The Labute approximate surface area is 353 Å². The molecule has 0 bridgehead atoms. The number of likely N-dealkylation sites (N-methyl/N-ethyl adjacent to an activating group) is 1. The molecule has 1 atom stereocenters. The predicted molar refractivity (Wildman–Crippen MR) is 241 cm³/mol. The van der Waals surface area contributed by atoms with Crippen LogP contribution in [0.5, 0.6) is 0 Å². The summed E-state index contributed by atoms with van der Waals surface area (Å²) in [6.45, 7) is 10.5. The number of hydrogen-bond acceptors (Lipinski definition) is 7. The molecule has 2 N–H and O–H groups in total. The highest BCUT2D eigenvalue weighted by atomic mass is 16.5. The van der Waals surface area contributed by atoms with Gasteiger partial charge in [0.1, 0.15) is 12.1 Å². The van der Waals surface area contributed by atoms with Gasteiger partial charge in [0.25, 0.3) is 0 Å². The van der Waals surface area contributed by atoms with E-state index in [1.54, 1.807) is 7.05 Å². The summed E-state index contributed by atoms with van der Waals surface area (Å²) in [6, 6.07) is -0.472. The SMILES string of the molecule is CCCCCCCCCOC(=O)CCCCCCCN(CCCCCCCC(=O)OC(CCCCCCCC)CCCCCCCC)CCCCC(NC)C(=O)O. The van der Waals surface area contributed by atoms with Crippen LogP contribution in [0.3, 0.4) is 0 Å². The quantitative estimate of drug-likeness (QED) is 0.0463. The van der Waals surface area contributed by atoms with Gasteiger partial charge in [0.15, 0.2) is 0 Å². The zero-order valence-corrected chi connectivity index (χ0v) is 38.4. The Bertz CT molecular complexity index is 870. The summed E-state index contributed by atoms with van der Waals surface area (Å²) in [7, 11) is 1.72. The Morgan fingerprint density at radius 3 is 1.30 bits per heavy atom. The van der Waals surface area contributed by atoms with Crippen molar-refractivity contribution in [2.24, 2.45) is 0 Å². The van der Waals surface area contributed by atoms with Gasteiger partial charge < -0.3 is 24.8 Å². The highest BCUT2D eigenvalue weighted by Gasteiger charge is 2.16. The molecular weight excluding hydrogens is 713 g/mol. The van der Waals surface area contributed by atoms with Crippen LogP contribution in [0.15, 0.2) is 0 Å². The van der Waals surface area contributed by atoms with Crippen LogP contribution in [0.4, 0.5) is 0 Å². The number of ether oxygens (including phenoxy) is 2. The van der Waals surface area contributed by atoms with Crippen molar-refractivity contribution in [3.05, 3.63) is 0 Å². The molecule has 0 spiro atoms. The standard InChI is InChI=1S/C49H96N2O6/c1-5-8-11-14-17-26-35-44-56-47(52)39-29-22-18-24-32-41-51(43-34-31-38-46(50-4)49(54)55)42-33-25-19-23-30-40-48(53)57-45(36-27-20-15-12-9-6-2)37-28-21-16-13-10-7-3/h45-46,50H,5-44H2,1-4H3,(H,54,55). The summed E-state index contributed by atoms with van der Waals surface area (Å²) in [4.78, 5) is 38.9. The van der Waals surface area contributed by atoms with Crippen LogP contribution >= 0.6 is 0 Å². The topological polar surface area (TPSA) is 105 Å². The average Bonchev–Trinajstić information content (AvgIpc) is 3.20. The van der Waals surface area contributed by atoms with Crippen LogP contribution in [0.2, 0.25) is 0 Å². The first kappa shape index (κ1) is 55.3. The molecule has 8 nitrogen and oxygen atoms in total. The zero-order chi connectivity index (χ0) is 41.9. The van der Waals surface area contributed by atoms with Gasteiger partial charge in [-0.2, -0.15) is 0 Å². The van der Waals surface area contributed by atoms with Gasteiger partial charge in [0.05, 0.1) is 6.61 Å². The number of nitrogens with one attached hydrogen (secondary N) is 1. The van der Waals surface area contributed by atoms with Gasteiger partial charge in [-0.1, -0.05) is 168 Å². The third-order valence-corrected chi connectivity index (χ3v) is 11.6. The van der Waals surface area contributed by atoms with Crippen LogP contribution < -0.4 is 5.32 Å². The molecule has 0 aromatic rings. The summed E-state index contributed by atoms with van der Waals surface area (Å²) < 4.78 is 11.5. The smallest absolute Gasteiger partial charge is 0.320 e.